The van der Waals surface area contributed by atoms with Crippen LogP contribution in [0, 0.1) is 0 Å². The van der Waals surface area contributed by atoms with Gasteiger partial charge in [0.1, 0.15) is 12.2 Å². The van der Waals surface area contributed by atoms with Crippen LogP contribution < -0.4 is 57.6 Å². The molecule has 3 aromatic heterocycles. The van der Waals surface area contributed by atoms with Crippen LogP contribution in [-0.4, -0.2) is 231 Å². The topological polar surface area (TPSA) is 337 Å². The second-order valence-corrected chi connectivity index (χ2v) is 38.2. The van der Waals surface area contributed by atoms with E-state index in [9.17, 15) is 91.0 Å². The van der Waals surface area contributed by atoms with Gasteiger partial charge in [-0.2, -0.15) is 62.5 Å². The van der Waals surface area contributed by atoms with Crippen molar-refractivity contribution in [1.29, 1.82) is 0 Å². The Morgan fingerprint density at radius 3 is 1.14 bits per heavy atom. The highest BCUT2D eigenvalue weighted by Crippen LogP contribution is 2.41. The molecule has 5 aliphatic heterocycles. The molecular formula is C105H113F12N17O12. The van der Waals surface area contributed by atoms with E-state index >= 15 is 0 Å². The molecule has 8 N–H and O–H groups in total. The van der Waals surface area contributed by atoms with Gasteiger partial charge >= 0.3 is 24.7 Å². The van der Waals surface area contributed by atoms with Crippen molar-refractivity contribution in [3.63, 3.8) is 0 Å². The highest BCUT2D eigenvalue weighted by atomic mass is 19.4. The minimum atomic E-state index is -4.56. The molecule has 8 heterocycles. The van der Waals surface area contributed by atoms with E-state index in [1.165, 1.54) is 52.1 Å². The predicted octanol–water partition coefficient (Wildman–Crippen LogP) is 15.0. The summed E-state index contributed by atoms with van der Waals surface area (Å²) in [5, 5.41) is 36.1. The summed E-state index contributed by atoms with van der Waals surface area (Å²) >= 11 is 0. The van der Waals surface area contributed by atoms with E-state index in [1.807, 2.05) is 54.6 Å². The average Bonchev–Trinajstić information content (AvgIpc) is 1.62. The first-order chi connectivity index (χ1) is 69.8. The number of fused-ring (bicyclic) bond motifs is 3. The van der Waals surface area contributed by atoms with Gasteiger partial charge in [-0.1, -0.05) is 92.5 Å². The summed E-state index contributed by atoms with van der Waals surface area (Å²) in [6.07, 6.45) is -1.29. The molecular weight excluding hydrogens is 1920 g/mol. The van der Waals surface area contributed by atoms with Gasteiger partial charge in [0.05, 0.1) is 101 Å². The molecule has 774 valence electrons. The maximum absolute atomic E-state index is 12.9. The van der Waals surface area contributed by atoms with E-state index in [2.05, 4.69) is 97.2 Å². The minimum Gasteiger partial charge on any atom is -0.473 e. The van der Waals surface area contributed by atoms with Crippen LogP contribution >= 0.6 is 0 Å². The van der Waals surface area contributed by atoms with Crippen molar-refractivity contribution in [3.05, 3.63) is 280 Å². The molecule has 0 radical (unpaired) electrons. The molecule has 7 amide bonds. The molecule has 19 rings (SSSR count). The number of rotatable bonds is 29. The molecule has 4 aliphatic carbocycles. The van der Waals surface area contributed by atoms with Gasteiger partial charge in [0.25, 0.3) is 35.1 Å². The van der Waals surface area contributed by atoms with Gasteiger partial charge in [-0.3, -0.25) is 62.9 Å². The summed E-state index contributed by atoms with van der Waals surface area (Å²) in [6.45, 7) is 17.3. The number of nitrogens with one attached hydrogen (secondary N) is 8. The molecule has 9 aliphatic rings. The van der Waals surface area contributed by atoms with Crippen LogP contribution in [0.5, 0.6) is 11.8 Å². The standard InChI is InChI=1S/C27H27F3N4O4.2C27H29F3N4O3.C24H28F3N5O2/c28-27(29,30)17-5-3-4-16(12-17)24(36)31-13-23(35)32-18-14-33(15-18)19-8-10-20(11-9-19)34-25(37)21-6-1-2-7-22(21)26(34)38;1-17(18-5-4-6-19(13-18)27(28,29)30)31-14-25(35)32-20-15-34(16-20)21-9-11-22(12-10-21)36-26-23-7-2-3-8-24(23)37-33-26;1-17(18-5-4-6-19(13-18)27(28,29)30)31-14-25(35)32-20-15-33(16-20)21-9-11-22(12-10-21)34-26(36)23-7-2-3-8-24(23)37-34;1-16(13-28-23(33)17-4-2-5-18(12-17)24(25,26)27)30-19-14-32(15-19)20-7-9-21(10-8-20)34-22-6-3-11-29-31-22/h1-7,12,18-20H,8-11,13-15H2,(H,31,36)(H,32,35);2*2-8,13,20-22,31H,1,9-12,14-16H2,(H,32,35);2-6,11-12,19-21,30H,1,7-10,13-15H2,(H,28,33). The van der Waals surface area contributed by atoms with Crippen molar-refractivity contribution >= 4 is 74.7 Å². The van der Waals surface area contributed by atoms with Crippen LogP contribution in [0.1, 0.15) is 184 Å². The van der Waals surface area contributed by atoms with Crippen molar-refractivity contribution in [2.24, 2.45) is 0 Å². The largest absolute Gasteiger partial charge is 0.473 e. The summed E-state index contributed by atoms with van der Waals surface area (Å²) in [4.78, 5) is 110. The first-order valence-electron chi connectivity index (χ1n) is 48.8. The van der Waals surface area contributed by atoms with E-state index in [0.29, 0.717) is 82.4 Å². The van der Waals surface area contributed by atoms with E-state index in [0.717, 1.165) is 208 Å². The van der Waals surface area contributed by atoms with Crippen molar-refractivity contribution < 1.29 is 105 Å². The number of aromatic nitrogens is 4. The molecule has 146 heavy (non-hydrogen) atoms. The van der Waals surface area contributed by atoms with Crippen LogP contribution in [0.3, 0.4) is 0 Å². The van der Waals surface area contributed by atoms with Gasteiger partial charge in [-0.25, -0.2) is 0 Å². The third-order valence-electron chi connectivity index (χ3n) is 28.1. The number of amides is 7. The highest BCUT2D eigenvalue weighted by molar-refractivity contribution is 6.21. The third kappa shape index (κ3) is 26.9. The highest BCUT2D eigenvalue weighted by Gasteiger charge is 2.46. The Morgan fingerprint density at radius 1 is 0.370 bits per heavy atom. The molecule has 10 aromatic rings. The van der Waals surface area contributed by atoms with E-state index in [-0.39, 0.29) is 132 Å². The fourth-order valence-electron chi connectivity index (χ4n) is 20.1. The number of likely N-dealkylation sites (tertiary alicyclic amines) is 4. The molecule has 0 unspecified atom stereocenters. The van der Waals surface area contributed by atoms with Crippen molar-refractivity contribution in [3.8, 4) is 11.8 Å². The van der Waals surface area contributed by atoms with Gasteiger partial charge in [0, 0.05) is 123 Å². The Labute approximate surface area is 832 Å². The molecule has 7 aromatic carbocycles. The lowest BCUT2D eigenvalue weighted by Gasteiger charge is -2.47. The second kappa shape index (κ2) is 46.2. The van der Waals surface area contributed by atoms with Crippen LogP contribution in [0.15, 0.2) is 227 Å². The van der Waals surface area contributed by atoms with Crippen LogP contribution in [0.4, 0.5) is 52.7 Å². The second-order valence-electron chi connectivity index (χ2n) is 38.2. The van der Waals surface area contributed by atoms with Crippen molar-refractivity contribution in [2.75, 3.05) is 78.5 Å². The smallest absolute Gasteiger partial charge is 0.416 e. The first-order valence-corrected chi connectivity index (χ1v) is 48.8. The molecule has 4 saturated carbocycles. The summed E-state index contributed by atoms with van der Waals surface area (Å²) < 4.78 is 179. The van der Waals surface area contributed by atoms with Crippen molar-refractivity contribution in [2.45, 2.75) is 200 Å². The third-order valence-corrected chi connectivity index (χ3v) is 28.1. The molecule has 0 atom stereocenters. The SMILES string of the molecule is C=C(CNC(=O)c1cccc(C(F)(F)F)c1)NC1CN(C2CCC(Oc3cccnn3)CC2)C1.C=C(NCC(=O)NC1CN(C2CCC(Oc3noc4ccccc34)CC2)C1)c1cccc(C(F)(F)F)c1.C=C(NCC(=O)NC1CN(C2CCC(n3oc4ccccc4c3=O)CC2)C1)c1cccc(C(F)(F)F)c1.O=C(CNC(=O)c1cccc(C(F)(F)F)c1)NC1CN(C2CCC(N3C(=O)c4ccccc4C3=O)CC2)C1. The number of carbonyl (C=O) groups excluding carboxylic acids is 7. The Morgan fingerprint density at radius 2 is 0.726 bits per heavy atom. The number of ether oxygens (including phenoxy) is 2. The number of halogens is 12. The van der Waals surface area contributed by atoms with Crippen LogP contribution in [0.25, 0.3) is 33.3 Å². The first kappa shape index (κ1) is 105. The molecule has 0 bridgehead atoms. The Balaban J connectivity index is 0.000000139. The zero-order valence-corrected chi connectivity index (χ0v) is 79.7. The number of nitrogens with zero attached hydrogens (tertiary/aromatic N) is 9. The molecule has 8 fully saturated rings. The minimum absolute atomic E-state index is 0.0312. The number of alkyl halides is 12. The maximum atomic E-state index is 12.9. The number of benzene rings is 7. The number of para-hydroxylation sites is 2. The van der Waals surface area contributed by atoms with Gasteiger partial charge in [0.15, 0.2) is 11.2 Å². The Bertz CT molecular complexity index is 6340. The predicted molar refractivity (Wildman–Crippen MR) is 517 cm³/mol. The summed E-state index contributed by atoms with van der Waals surface area (Å²) in [5.41, 5.74) is 0.458. The van der Waals surface area contributed by atoms with E-state index in [4.69, 9.17) is 18.5 Å². The van der Waals surface area contributed by atoms with E-state index in [1.54, 1.807) is 36.5 Å². The monoisotopic (exact) mass is 2030 g/mol. The lowest BCUT2D eigenvalue weighted by Crippen LogP contribution is -2.63. The zero-order chi connectivity index (χ0) is 103. The number of hydrogen-bond donors (Lipinski definition) is 8. The van der Waals surface area contributed by atoms with Crippen molar-refractivity contribution in [1.82, 2.24) is 87.1 Å². The van der Waals surface area contributed by atoms with Crippen LogP contribution in [-0.2, 0) is 39.1 Å². The summed E-state index contributed by atoms with van der Waals surface area (Å²) in [5.74, 6) is -1.50. The molecule has 4 saturated heterocycles. The van der Waals surface area contributed by atoms with Crippen LogP contribution in [0.2, 0.25) is 0 Å². The normalized spacial score (nSPS) is 21.3. The summed E-state index contributed by atoms with van der Waals surface area (Å²) in [6, 6.07) is 45.5. The summed E-state index contributed by atoms with van der Waals surface area (Å²) in [7, 11) is 0. The lowest BCUT2D eigenvalue weighted by molar-refractivity contribution is -0.138. The van der Waals surface area contributed by atoms with Gasteiger partial charge in [-0.05, 0) is 222 Å². The zero-order valence-electron chi connectivity index (χ0n) is 79.7. The number of hydrogen-bond acceptors (Lipinski definition) is 22. The quantitative estimate of drug-likeness (QED) is 0.0159. The van der Waals surface area contributed by atoms with Gasteiger partial charge in [0.2, 0.25) is 23.6 Å². The number of imide groups is 1. The molecule has 41 heteroatoms. The van der Waals surface area contributed by atoms with E-state index < -0.39 is 64.7 Å². The fourth-order valence-corrected chi connectivity index (χ4v) is 20.1. The maximum Gasteiger partial charge on any atom is 0.416 e. The average molecular weight is 2030 g/mol. The Kier molecular flexibility index (Phi) is 33.2. The molecule has 29 nitrogen and oxygen atoms in total. The van der Waals surface area contributed by atoms with Gasteiger partial charge < -0.3 is 61.1 Å². The van der Waals surface area contributed by atoms with Gasteiger partial charge in [-0.15, -0.1) is 5.10 Å². The lowest BCUT2D eigenvalue weighted by atomic mass is 9.87. The number of carbonyl (C=O) groups is 7. The fraction of sp³-hybridized carbons (Fsp3) is 0.419. The molecule has 0 spiro atoms. The Hall–Kier alpha value is -13.9.